The Hall–Kier alpha value is -1.69. The van der Waals surface area contributed by atoms with Gasteiger partial charge in [0, 0.05) is 11.5 Å². The van der Waals surface area contributed by atoms with E-state index in [1.165, 1.54) is 0 Å². The highest BCUT2D eigenvalue weighted by Gasteiger charge is 2.15. The van der Waals surface area contributed by atoms with Crippen LogP contribution in [0.25, 0.3) is 0 Å². The highest BCUT2D eigenvalue weighted by molar-refractivity contribution is 9.10. The third kappa shape index (κ3) is 3.20. The number of hydrogen-bond donors (Lipinski definition) is 1. The molecular formula is C13H14BrN3O2. The van der Waals surface area contributed by atoms with Crippen molar-refractivity contribution in [1.82, 2.24) is 9.97 Å². The van der Waals surface area contributed by atoms with Crippen LogP contribution in [0.2, 0.25) is 0 Å². The Morgan fingerprint density at radius 2 is 2.00 bits per heavy atom. The number of rotatable bonds is 3. The molecule has 6 heteroatoms. The Bertz CT molecular complexity index is 590. The monoisotopic (exact) mass is 323 g/mol. The lowest BCUT2D eigenvalue weighted by Gasteiger charge is -2.06. The summed E-state index contributed by atoms with van der Waals surface area (Å²) in [6, 6.07) is 1.74. The van der Waals surface area contributed by atoms with Crippen LogP contribution in [-0.2, 0) is 0 Å². The quantitative estimate of drug-likeness (QED) is 0.938. The Labute approximate surface area is 119 Å². The van der Waals surface area contributed by atoms with Crippen molar-refractivity contribution in [1.29, 1.82) is 0 Å². The minimum absolute atomic E-state index is 0.257. The van der Waals surface area contributed by atoms with Crippen LogP contribution in [0.4, 0.5) is 5.69 Å². The molecule has 2 rings (SSSR count). The van der Waals surface area contributed by atoms with Crippen molar-refractivity contribution in [3.63, 3.8) is 0 Å². The van der Waals surface area contributed by atoms with Crippen molar-refractivity contribution in [3.8, 4) is 0 Å². The first-order valence-electron chi connectivity index (χ1n) is 5.86. The SMILES string of the molecule is Cc1cc(Br)oc1C(=O)Nc1cnc(C(C)C)nc1. The number of aryl methyl sites for hydroxylation is 1. The first-order valence-corrected chi connectivity index (χ1v) is 6.66. The third-order valence-electron chi connectivity index (χ3n) is 2.54. The summed E-state index contributed by atoms with van der Waals surface area (Å²) in [5.41, 5.74) is 1.31. The summed E-state index contributed by atoms with van der Waals surface area (Å²) in [4.78, 5) is 20.4. The lowest BCUT2D eigenvalue weighted by molar-refractivity contribution is 0.0994. The molecule has 0 saturated carbocycles. The van der Waals surface area contributed by atoms with E-state index in [0.717, 1.165) is 11.4 Å². The van der Waals surface area contributed by atoms with Gasteiger partial charge in [0.1, 0.15) is 5.82 Å². The molecule has 19 heavy (non-hydrogen) atoms. The zero-order chi connectivity index (χ0) is 14.0. The van der Waals surface area contributed by atoms with Crippen LogP contribution in [0, 0.1) is 6.92 Å². The van der Waals surface area contributed by atoms with Gasteiger partial charge < -0.3 is 9.73 Å². The lowest BCUT2D eigenvalue weighted by Crippen LogP contribution is -2.13. The summed E-state index contributed by atoms with van der Waals surface area (Å²) >= 11 is 3.19. The second kappa shape index (κ2) is 5.52. The second-order valence-corrected chi connectivity index (χ2v) is 5.28. The minimum atomic E-state index is -0.316. The molecule has 0 saturated heterocycles. The molecule has 0 spiro atoms. The molecule has 1 N–H and O–H groups in total. The number of amides is 1. The molecule has 100 valence electrons. The number of nitrogens with one attached hydrogen (secondary N) is 1. The first-order chi connectivity index (χ1) is 8.97. The molecule has 0 unspecified atom stereocenters. The van der Waals surface area contributed by atoms with Gasteiger partial charge in [0.25, 0.3) is 5.91 Å². The molecule has 0 atom stereocenters. The Morgan fingerprint density at radius 3 is 2.47 bits per heavy atom. The highest BCUT2D eigenvalue weighted by atomic mass is 79.9. The van der Waals surface area contributed by atoms with Gasteiger partial charge in [-0.05, 0) is 28.9 Å². The Morgan fingerprint density at radius 1 is 1.37 bits per heavy atom. The van der Waals surface area contributed by atoms with Gasteiger partial charge in [0.15, 0.2) is 10.4 Å². The van der Waals surface area contributed by atoms with Gasteiger partial charge in [-0.1, -0.05) is 13.8 Å². The summed E-state index contributed by atoms with van der Waals surface area (Å²) in [5.74, 6) is 0.965. The van der Waals surface area contributed by atoms with Crippen molar-refractivity contribution < 1.29 is 9.21 Å². The molecule has 0 aliphatic rings. The second-order valence-electron chi connectivity index (χ2n) is 4.50. The van der Waals surface area contributed by atoms with Crippen LogP contribution in [-0.4, -0.2) is 15.9 Å². The average molecular weight is 324 g/mol. The molecule has 0 aliphatic heterocycles. The van der Waals surface area contributed by atoms with Gasteiger partial charge >= 0.3 is 0 Å². The van der Waals surface area contributed by atoms with Crippen LogP contribution in [0.15, 0.2) is 27.5 Å². The lowest BCUT2D eigenvalue weighted by atomic mass is 10.2. The number of hydrogen-bond acceptors (Lipinski definition) is 4. The Kier molecular flexibility index (Phi) is 3.99. The van der Waals surface area contributed by atoms with Gasteiger partial charge in [0.2, 0.25) is 0 Å². The van der Waals surface area contributed by atoms with Gasteiger partial charge in [0.05, 0.1) is 18.1 Å². The number of nitrogens with zero attached hydrogens (tertiary/aromatic N) is 2. The van der Waals surface area contributed by atoms with Crippen LogP contribution in [0.5, 0.6) is 0 Å². The van der Waals surface area contributed by atoms with Crippen molar-refractivity contribution in [3.05, 3.63) is 40.3 Å². The number of anilines is 1. The summed E-state index contributed by atoms with van der Waals surface area (Å²) in [6.07, 6.45) is 3.18. The molecule has 2 aromatic rings. The molecule has 1 amide bonds. The standard InChI is InChI=1S/C13H14BrN3O2/c1-7(2)12-15-5-9(6-16-12)17-13(18)11-8(3)4-10(14)19-11/h4-7H,1-3H3,(H,17,18). The number of aromatic nitrogens is 2. The molecule has 0 radical (unpaired) electrons. The fraction of sp³-hybridized carbons (Fsp3) is 0.308. The number of carbonyl (C=O) groups excluding carboxylic acids is 1. The first kappa shape index (κ1) is 13.7. The summed E-state index contributed by atoms with van der Waals surface area (Å²) in [6.45, 7) is 5.83. The molecule has 0 aliphatic carbocycles. The molecule has 0 aromatic carbocycles. The predicted octanol–water partition coefficient (Wildman–Crippen LogP) is 3.52. The van der Waals surface area contributed by atoms with Crippen molar-refractivity contribution in [2.24, 2.45) is 0 Å². The third-order valence-corrected chi connectivity index (χ3v) is 2.93. The van der Waals surface area contributed by atoms with E-state index in [2.05, 4.69) is 31.2 Å². The van der Waals surface area contributed by atoms with E-state index in [1.807, 2.05) is 20.8 Å². The predicted molar refractivity (Wildman–Crippen MR) is 75.2 cm³/mol. The zero-order valence-electron chi connectivity index (χ0n) is 10.9. The molecule has 2 aromatic heterocycles. The van der Waals surface area contributed by atoms with Crippen molar-refractivity contribution in [2.75, 3.05) is 5.32 Å². The van der Waals surface area contributed by atoms with Gasteiger partial charge in [-0.15, -0.1) is 0 Å². The maximum atomic E-state index is 12.0. The zero-order valence-corrected chi connectivity index (χ0v) is 12.5. The number of carbonyl (C=O) groups is 1. The Balaban J connectivity index is 2.13. The van der Waals surface area contributed by atoms with E-state index in [-0.39, 0.29) is 17.6 Å². The van der Waals surface area contributed by atoms with Crippen molar-refractivity contribution in [2.45, 2.75) is 26.7 Å². The van der Waals surface area contributed by atoms with E-state index in [9.17, 15) is 4.79 Å². The van der Waals surface area contributed by atoms with Crippen LogP contribution in [0.1, 0.15) is 41.7 Å². The molecule has 2 heterocycles. The summed E-state index contributed by atoms with van der Waals surface area (Å²) < 4.78 is 5.80. The van der Waals surface area contributed by atoms with E-state index < -0.39 is 0 Å². The number of halogens is 1. The van der Waals surface area contributed by atoms with Gasteiger partial charge in [-0.25, -0.2) is 9.97 Å². The number of furan rings is 1. The van der Waals surface area contributed by atoms with Crippen LogP contribution in [0.3, 0.4) is 0 Å². The van der Waals surface area contributed by atoms with Crippen LogP contribution >= 0.6 is 15.9 Å². The van der Waals surface area contributed by atoms with E-state index in [1.54, 1.807) is 18.5 Å². The minimum Gasteiger partial charge on any atom is -0.444 e. The van der Waals surface area contributed by atoms with Gasteiger partial charge in [-0.2, -0.15) is 0 Å². The van der Waals surface area contributed by atoms with Gasteiger partial charge in [-0.3, -0.25) is 4.79 Å². The summed E-state index contributed by atoms with van der Waals surface area (Å²) in [5, 5.41) is 2.70. The summed E-state index contributed by atoms with van der Waals surface area (Å²) in [7, 11) is 0. The molecule has 0 fully saturated rings. The smallest absolute Gasteiger partial charge is 0.291 e. The topological polar surface area (TPSA) is 68.0 Å². The van der Waals surface area contributed by atoms with E-state index >= 15 is 0 Å². The molecular weight excluding hydrogens is 310 g/mol. The maximum absolute atomic E-state index is 12.0. The largest absolute Gasteiger partial charge is 0.444 e. The molecule has 0 bridgehead atoms. The normalized spacial score (nSPS) is 10.8. The average Bonchev–Trinajstić information content (AvgIpc) is 2.69. The van der Waals surface area contributed by atoms with Crippen molar-refractivity contribution >= 4 is 27.5 Å². The molecule has 5 nitrogen and oxygen atoms in total. The van der Waals surface area contributed by atoms with E-state index in [4.69, 9.17) is 4.42 Å². The highest BCUT2D eigenvalue weighted by Crippen LogP contribution is 2.20. The van der Waals surface area contributed by atoms with Crippen LogP contribution < -0.4 is 5.32 Å². The maximum Gasteiger partial charge on any atom is 0.291 e. The van der Waals surface area contributed by atoms with E-state index in [0.29, 0.717) is 10.4 Å². The fourth-order valence-corrected chi connectivity index (χ4v) is 2.06. The fourth-order valence-electron chi connectivity index (χ4n) is 1.56.